The second-order valence-electron chi connectivity index (χ2n) is 8.17. The van der Waals surface area contributed by atoms with Crippen molar-refractivity contribution in [3.63, 3.8) is 0 Å². The van der Waals surface area contributed by atoms with E-state index in [1.807, 2.05) is 6.07 Å². The summed E-state index contributed by atoms with van der Waals surface area (Å²) in [6.45, 7) is 0. The molecule has 158 valence electrons. The molecule has 1 aliphatic carbocycles. The summed E-state index contributed by atoms with van der Waals surface area (Å²) < 4.78 is 0. The van der Waals surface area contributed by atoms with Crippen LogP contribution in [-0.2, 0) is 5.60 Å². The zero-order valence-electron chi connectivity index (χ0n) is 17.2. The van der Waals surface area contributed by atoms with E-state index in [0.717, 1.165) is 0 Å². The number of benzene rings is 3. The zero-order valence-corrected chi connectivity index (χ0v) is 17.2. The van der Waals surface area contributed by atoms with Crippen molar-refractivity contribution >= 4 is 0 Å². The van der Waals surface area contributed by atoms with Crippen LogP contribution in [0, 0.1) is 38.2 Å². The predicted molar refractivity (Wildman–Crippen MR) is 118 cm³/mol. The van der Waals surface area contributed by atoms with Crippen LogP contribution in [0.1, 0.15) is 34.9 Å². The van der Waals surface area contributed by atoms with Gasteiger partial charge in [-0.25, -0.2) is 0 Å². The Bertz CT molecular complexity index is 1170. The van der Waals surface area contributed by atoms with Gasteiger partial charge in [-0.15, -0.1) is 0 Å². The van der Waals surface area contributed by atoms with Crippen molar-refractivity contribution in [1.82, 2.24) is 0 Å². The normalized spacial score (nSPS) is 26.4. The SMILES string of the molecule is N#CC1(C#N)C(c2ccccc2)C[C@@](O)(c2ccccc2)[C@H]([N+](=O)[O-])[C@H]1c1ccccc1. The molecule has 4 rings (SSSR count). The van der Waals surface area contributed by atoms with Gasteiger partial charge >= 0.3 is 0 Å². The maximum atomic E-state index is 12.5. The van der Waals surface area contributed by atoms with Crippen LogP contribution >= 0.6 is 0 Å². The van der Waals surface area contributed by atoms with Gasteiger partial charge in [-0.05, 0) is 23.1 Å². The molecular formula is C26H21N3O3. The first-order chi connectivity index (χ1) is 15.5. The fourth-order valence-electron chi connectivity index (χ4n) is 5.14. The van der Waals surface area contributed by atoms with Crippen molar-refractivity contribution in [2.24, 2.45) is 5.41 Å². The van der Waals surface area contributed by atoms with E-state index < -0.39 is 33.8 Å². The summed E-state index contributed by atoms with van der Waals surface area (Å²) in [7, 11) is 0. The summed E-state index contributed by atoms with van der Waals surface area (Å²) in [6, 6.07) is 28.9. The van der Waals surface area contributed by atoms with Gasteiger partial charge in [-0.3, -0.25) is 10.1 Å². The Balaban J connectivity index is 2.06. The van der Waals surface area contributed by atoms with E-state index in [1.54, 1.807) is 84.9 Å². The summed E-state index contributed by atoms with van der Waals surface area (Å²) in [4.78, 5) is 12.0. The van der Waals surface area contributed by atoms with Crippen LogP contribution in [0.15, 0.2) is 91.0 Å². The van der Waals surface area contributed by atoms with Crippen molar-refractivity contribution in [3.05, 3.63) is 118 Å². The Morgan fingerprint density at radius 3 is 1.78 bits per heavy atom. The fourth-order valence-corrected chi connectivity index (χ4v) is 5.14. The van der Waals surface area contributed by atoms with Gasteiger partial charge in [-0.1, -0.05) is 91.0 Å². The molecule has 0 aromatic heterocycles. The third kappa shape index (κ3) is 3.22. The van der Waals surface area contributed by atoms with Gasteiger partial charge in [0.1, 0.15) is 0 Å². The molecule has 6 nitrogen and oxygen atoms in total. The molecule has 6 heteroatoms. The Hall–Kier alpha value is -4.00. The molecule has 1 unspecified atom stereocenters. The van der Waals surface area contributed by atoms with E-state index in [0.29, 0.717) is 16.7 Å². The molecule has 0 radical (unpaired) electrons. The van der Waals surface area contributed by atoms with E-state index in [-0.39, 0.29) is 6.42 Å². The van der Waals surface area contributed by atoms with Crippen LogP contribution in [-0.4, -0.2) is 16.1 Å². The van der Waals surface area contributed by atoms with Gasteiger partial charge in [0, 0.05) is 10.8 Å². The van der Waals surface area contributed by atoms with Crippen LogP contribution in [0.25, 0.3) is 0 Å². The minimum absolute atomic E-state index is 0.128. The summed E-state index contributed by atoms with van der Waals surface area (Å²) >= 11 is 0. The molecule has 4 atom stereocenters. The van der Waals surface area contributed by atoms with Gasteiger partial charge in [-0.2, -0.15) is 10.5 Å². The molecule has 0 amide bonds. The van der Waals surface area contributed by atoms with Gasteiger partial charge in [0.25, 0.3) is 6.04 Å². The molecule has 0 spiro atoms. The van der Waals surface area contributed by atoms with Crippen LogP contribution in [0.2, 0.25) is 0 Å². The van der Waals surface area contributed by atoms with Crippen molar-refractivity contribution < 1.29 is 10.0 Å². The van der Waals surface area contributed by atoms with Crippen molar-refractivity contribution in [2.75, 3.05) is 0 Å². The molecule has 1 saturated carbocycles. The van der Waals surface area contributed by atoms with Crippen molar-refractivity contribution in [2.45, 2.75) is 29.9 Å². The molecule has 1 aliphatic rings. The average Bonchev–Trinajstić information content (AvgIpc) is 2.85. The Labute approximate surface area is 186 Å². The molecule has 0 bridgehead atoms. The highest BCUT2D eigenvalue weighted by atomic mass is 16.6. The molecular weight excluding hydrogens is 402 g/mol. The second kappa shape index (κ2) is 8.26. The van der Waals surface area contributed by atoms with E-state index in [9.17, 15) is 25.7 Å². The standard InChI is InChI=1S/C26H21N3O3/c27-17-25(18-28)22(19-10-4-1-5-11-19)16-26(30,21-14-8-3-9-15-21)24(29(31)32)23(25)20-12-6-2-7-13-20/h1-15,22-24,30H,16H2/t22?,23-,24-,26-/m1/s1. The zero-order chi connectivity index (χ0) is 22.8. The highest BCUT2D eigenvalue weighted by Crippen LogP contribution is 2.60. The van der Waals surface area contributed by atoms with Crippen LogP contribution in [0.4, 0.5) is 0 Å². The smallest absolute Gasteiger partial charge is 0.254 e. The lowest BCUT2D eigenvalue weighted by molar-refractivity contribution is -0.559. The number of nitro groups is 1. The summed E-state index contributed by atoms with van der Waals surface area (Å²) in [5.74, 6) is -1.90. The minimum Gasteiger partial charge on any atom is -0.378 e. The monoisotopic (exact) mass is 423 g/mol. The average molecular weight is 423 g/mol. The quantitative estimate of drug-likeness (QED) is 0.490. The van der Waals surface area contributed by atoms with E-state index >= 15 is 0 Å². The first-order valence-electron chi connectivity index (χ1n) is 10.3. The molecule has 3 aromatic carbocycles. The lowest BCUT2D eigenvalue weighted by Gasteiger charge is -2.49. The van der Waals surface area contributed by atoms with Gasteiger partial charge in [0.2, 0.25) is 0 Å². The second-order valence-corrected chi connectivity index (χ2v) is 8.17. The molecule has 32 heavy (non-hydrogen) atoms. The summed E-state index contributed by atoms with van der Waals surface area (Å²) in [5.41, 5.74) is -2.07. The van der Waals surface area contributed by atoms with Crippen LogP contribution in [0.5, 0.6) is 0 Å². The highest BCUT2D eigenvalue weighted by molar-refractivity contribution is 5.44. The maximum Gasteiger partial charge on any atom is 0.254 e. The molecule has 0 heterocycles. The Kier molecular flexibility index (Phi) is 5.48. The fraction of sp³-hybridized carbons (Fsp3) is 0.231. The number of nitriles is 2. The Morgan fingerprint density at radius 1 is 0.844 bits per heavy atom. The van der Waals surface area contributed by atoms with Gasteiger partial charge in [0.15, 0.2) is 11.0 Å². The molecule has 0 aliphatic heterocycles. The first-order valence-corrected chi connectivity index (χ1v) is 10.3. The molecule has 1 N–H and O–H groups in total. The van der Waals surface area contributed by atoms with Gasteiger partial charge in [0.05, 0.1) is 18.1 Å². The predicted octanol–water partition coefficient (Wildman–Crippen LogP) is 4.52. The van der Waals surface area contributed by atoms with E-state index in [4.69, 9.17) is 0 Å². The number of aliphatic hydroxyl groups is 1. The number of hydrogen-bond acceptors (Lipinski definition) is 5. The third-order valence-corrected chi connectivity index (χ3v) is 6.59. The van der Waals surface area contributed by atoms with E-state index in [1.165, 1.54) is 0 Å². The molecule has 1 fully saturated rings. The number of rotatable bonds is 4. The molecule has 3 aromatic rings. The van der Waals surface area contributed by atoms with Crippen molar-refractivity contribution in [3.8, 4) is 12.1 Å². The summed E-state index contributed by atoms with van der Waals surface area (Å²) in [5, 5.41) is 45.3. The maximum absolute atomic E-state index is 12.5. The highest BCUT2D eigenvalue weighted by Gasteiger charge is 2.67. The topological polar surface area (TPSA) is 111 Å². The largest absolute Gasteiger partial charge is 0.378 e. The summed E-state index contributed by atoms with van der Waals surface area (Å²) in [6.07, 6.45) is -0.128. The van der Waals surface area contributed by atoms with Crippen LogP contribution in [0.3, 0.4) is 0 Å². The lowest BCUT2D eigenvalue weighted by atomic mass is 9.51. The van der Waals surface area contributed by atoms with Crippen molar-refractivity contribution in [1.29, 1.82) is 10.5 Å². The first kappa shape index (κ1) is 21.2. The minimum atomic E-state index is -1.89. The lowest BCUT2D eigenvalue weighted by Crippen LogP contribution is -2.59. The molecule has 0 saturated heterocycles. The van der Waals surface area contributed by atoms with Crippen LogP contribution < -0.4 is 0 Å². The van der Waals surface area contributed by atoms with Gasteiger partial charge < -0.3 is 5.11 Å². The number of hydrogen-bond donors (Lipinski definition) is 1. The Morgan fingerprint density at radius 2 is 1.31 bits per heavy atom. The van der Waals surface area contributed by atoms with E-state index in [2.05, 4.69) is 12.1 Å². The number of nitrogens with zero attached hydrogens (tertiary/aromatic N) is 3. The third-order valence-electron chi connectivity index (χ3n) is 6.59.